The molecule has 5 heteroatoms. The summed E-state index contributed by atoms with van der Waals surface area (Å²) in [5.74, 6) is 0.443. The van der Waals surface area contributed by atoms with Gasteiger partial charge in [-0.25, -0.2) is 4.79 Å². The van der Waals surface area contributed by atoms with Crippen LogP contribution in [0.2, 0.25) is 0 Å². The van der Waals surface area contributed by atoms with Gasteiger partial charge in [-0.1, -0.05) is 19.8 Å². The second-order valence-corrected chi connectivity index (χ2v) is 3.83. The van der Waals surface area contributed by atoms with Crippen molar-refractivity contribution in [3.8, 4) is 5.75 Å². The summed E-state index contributed by atoms with van der Waals surface area (Å²) in [7, 11) is 0. The molecule has 1 rings (SSSR count). The third kappa shape index (κ3) is 5.34. The molecule has 2 amide bonds. The van der Waals surface area contributed by atoms with Crippen molar-refractivity contribution in [2.45, 2.75) is 26.2 Å². The largest absolute Gasteiger partial charge is 0.429 e. The second-order valence-electron chi connectivity index (χ2n) is 3.83. The van der Waals surface area contributed by atoms with Crippen molar-refractivity contribution in [1.82, 2.24) is 5.32 Å². The van der Waals surface area contributed by atoms with Crippen molar-refractivity contribution in [2.75, 3.05) is 11.9 Å². The molecule has 0 unspecified atom stereocenters. The average Bonchev–Trinajstić information content (AvgIpc) is 2.37. The number of unbranched alkanes of at least 4 members (excludes halogenated alkanes) is 2. The van der Waals surface area contributed by atoms with Gasteiger partial charge in [0.25, 0.3) is 6.47 Å². The molecular formula is C13H18N2O3. The summed E-state index contributed by atoms with van der Waals surface area (Å²) in [6, 6.07) is 6.34. The van der Waals surface area contributed by atoms with Gasteiger partial charge in [0.1, 0.15) is 5.75 Å². The monoisotopic (exact) mass is 250 g/mol. The highest BCUT2D eigenvalue weighted by atomic mass is 16.5. The Balaban J connectivity index is 2.32. The third-order valence-corrected chi connectivity index (χ3v) is 2.36. The number of amides is 2. The average molecular weight is 250 g/mol. The molecule has 98 valence electrons. The number of benzene rings is 1. The Morgan fingerprint density at radius 2 is 2.00 bits per heavy atom. The highest BCUT2D eigenvalue weighted by Crippen LogP contribution is 2.14. The zero-order valence-corrected chi connectivity index (χ0v) is 10.4. The number of carbonyl (C=O) groups excluding carboxylic acids is 2. The molecule has 0 spiro atoms. The fraction of sp³-hybridized carbons (Fsp3) is 0.385. The maximum Gasteiger partial charge on any atom is 0.319 e. The lowest BCUT2D eigenvalue weighted by molar-refractivity contribution is -0.120. The molecule has 1 aromatic carbocycles. The molecular weight excluding hydrogens is 232 g/mol. The summed E-state index contributed by atoms with van der Waals surface area (Å²) < 4.78 is 4.65. The first-order valence-corrected chi connectivity index (χ1v) is 6.01. The number of urea groups is 1. The third-order valence-electron chi connectivity index (χ3n) is 2.36. The summed E-state index contributed by atoms with van der Waals surface area (Å²) in [5, 5.41) is 5.46. The van der Waals surface area contributed by atoms with E-state index in [1.165, 1.54) is 0 Å². The van der Waals surface area contributed by atoms with Crippen molar-refractivity contribution in [3.05, 3.63) is 24.3 Å². The number of hydrogen-bond acceptors (Lipinski definition) is 3. The van der Waals surface area contributed by atoms with Crippen LogP contribution in [-0.4, -0.2) is 19.0 Å². The Hall–Kier alpha value is -2.04. The zero-order valence-electron chi connectivity index (χ0n) is 10.4. The van der Waals surface area contributed by atoms with Crippen LogP contribution in [0.4, 0.5) is 10.5 Å². The normalized spacial score (nSPS) is 9.61. The van der Waals surface area contributed by atoms with Gasteiger partial charge in [0.15, 0.2) is 0 Å². The van der Waals surface area contributed by atoms with Crippen LogP contribution >= 0.6 is 0 Å². The molecule has 0 saturated heterocycles. The van der Waals surface area contributed by atoms with Gasteiger partial charge in [-0.05, 0) is 30.7 Å². The van der Waals surface area contributed by atoms with E-state index < -0.39 is 0 Å². The Kier molecular flexibility index (Phi) is 6.32. The zero-order chi connectivity index (χ0) is 13.2. The standard InChI is InChI=1S/C13H18N2O3/c1-2-3-4-9-14-13(17)15-11-5-7-12(8-6-11)18-10-16/h5-8,10H,2-4,9H2,1H3,(H2,14,15,17). The van der Waals surface area contributed by atoms with E-state index >= 15 is 0 Å². The second kappa shape index (κ2) is 8.11. The van der Waals surface area contributed by atoms with E-state index in [9.17, 15) is 9.59 Å². The SMILES string of the molecule is CCCCCNC(=O)Nc1ccc(OC=O)cc1. The van der Waals surface area contributed by atoms with Crippen LogP contribution in [-0.2, 0) is 4.79 Å². The molecule has 0 heterocycles. The predicted molar refractivity (Wildman–Crippen MR) is 69.7 cm³/mol. The minimum atomic E-state index is -0.227. The van der Waals surface area contributed by atoms with Crippen molar-refractivity contribution in [2.24, 2.45) is 0 Å². The molecule has 2 N–H and O–H groups in total. The number of nitrogens with one attached hydrogen (secondary N) is 2. The number of anilines is 1. The summed E-state index contributed by atoms with van der Waals surface area (Å²) in [4.78, 5) is 21.6. The van der Waals surface area contributed by atoms with Crippen LogP contribution in [0.25, 0.3) is 0 Å². The molecule has 0 aliphatic heterocycles. The molecule has 0 aliphatic rings. The van der Waals surface area contributed by atoms with Gasteiger partial charge in [-0.15, -0.1) is 0 Å². The van der Waals surface area contributed by atoms with E-state index in [2.05, 4.69) is 22.3 Å². The molecule has 0 fully saturated rings. The maximum atomic E-state index is 11.5. The fourth-order valence-electron chi connectivity index (χ4n) is 1.42. The van der Waals surface area contributed by atoms with Crippen LogP contribution in [0.5, 0.6) is 5.75 Å². The highest BCUT2D eigenvalue weighted by molar-refractivity contribution is 5.89. The molecule has 18 heavy (non-hydrogen) atoms. The van der Waals surface area contributed by atoms with Crippen molar-refractivity contribution >= 4 is 18.2 Å². The minimum absolute atomic E-state index is 0.227. The predicted octanol–water partition coefficient (Wildman–Crippen LogP) is 2.53. The summed E-state index contributed by atoms with van der Waals surface area (Å²) in [5.41, 5.74) is 0.654. The van der Waals surface area contributed by atoms with E-state index in [0.717, 1.165) is 19.3 Å². The first kappa shape index (κ1) is 14.0. The van der Waals surface area contributed by atoms with Crippen molar-refractivity contribution < 1.29 is 14.3 Å². The van der Waals surface area contributed by atoms with E-state index in [4.69, 9.17) is 0 Å². The van der Waals surface area contributed by atoms with Gasteiger partial charge in [-0.3, -0.25) is 4.79 Å². The molecule has 1 aromatic rings. The minimum Gasteiger partial charge on any atom is -0.429 e. The van der Waals surface area contributed by atoms with Gasteiger partial charge < -0.3 is 15.4 Å². The van der Waals surface area contributed by atoms with Crippen LogP contribution in [0.1, 0.15) is 26.2 Å². The highest BCUT2D eigenvalue weighted by Gasteiger charge is 2.01. The molecule has 0 bridgehead atoms. The molecule has 0 aromatic heterocycles. The molecule has 0 aliphatic carbocycles. The first-order valence-electron chi connectivity index (χ1n) is 6.01. The van der Waals surface area contributed by atoms with Gasteiger partial charge in [0.05, 0.1) is 0 Å². The molecule has 5 nitrogen and oxygen atoms in total. The van der Waals surface area contributed by atoms with Gasteiger partial charge in [-0.2, -0.15) is 0 Å². The number of rotatable bonds is 7. The lowest BCUT2D eigenvalue weighted by Crippen LogP contribution is -2.29. The maximum absolute atomic E-state index is 11.5. The Bertz CT molecular complexity index is 376. The van der Waals surface area contributed by atoms with Gasteiger partial charge in [0.2, 0.25) is 0 Å². The van der Waals surface area contributed by atoms with Gasteiger partial charge >= 0.3 is 6.03 Å². The van der Waals surface area contributed by atoms with E-state index in [1.807, 2.05) is 0 Å². The Morgan fingerprint density at radius 1 is 1.28 bits per heavy atom. The number of hydrogen-bond donors (Lipinski definition) is 2. The lowest BCUT2D eigenvalue weighted by Gasteiger charge is -2.07. The summed E-state index contributed by atoms with van der Waals surface area (Å²) >= 11 is 0. The number of carbonyl (C=O) groups is 2. The van der Waals surface area contributed by atoms with Crippen molar-refractivity contribution in [3.63, 3.8) is 0 Å². The van der Waals surface area contributed by atoms with Crippen molar-refractivity contribution in [1.29, 1.82) is 0 Å². The first-order chi connectivity index (χ1) is 8.76. The lowest BCUT2D eigenvalue weighted by atomic mass is 10.2. The van der Waals surface area contributed by atoms with Gasteiger partial charge in [0, 0.05) is 12.2 Å². The molecule has 0 saturated carbocycles. The Morgan fingerprint density at radius 3 is 2.61 bits per heavy atom. The van der Waals surface area contributed by atoms with E-state index in [-0.39, 0.29) is 6.03 Å². The van der Waals surface area contributed by atoms with Crippen LogP contribution in [0.15, 0.2) is 24.3 Å². The summed E-state index contributed by atoms with van der Waals surface area (Å²) in [6.07, 6.45) is 3.22. The van der Waals surface area contributed by atoms with Crippen LogP contribution < -0.4 is 15.4 Å². The van der Waals surface area contributed by atoms with E-state index in [0.29, 0.717) is 24.5 Å². The van der Waals surface area contributed by atoms with E-state index in [1.54, 1.807) is 24.3 Å². The fourth-order valence-corrected chi connectivity index (χ4v) is 1.42. The number of ether oxygens (including phenoxy) is 1. The topological polar surface area (TPSA) is 67.4 Å². The Labute approximate surface area is 107 Å². The van der Waals surface area contributed by atoms with Crippen LogP contribution in [0, 0.1) is 0 Å². The quantitative estimate of drug-likeness (QED) is 0.577. The summed E-state index contributed by atoms with van der Waals surface area (Å²) in [6.45, 7) is 3.15. The van der Waals surface area contributed by atoms with Crippen LogP contribution in [0.3, 0.4) is 0 Å². The smallest absolute Gasteiger partial charge is 0.319 e. The molecule has 0 radical (unpaired) electrons. The molecule has 0 atom stereocenters.